The molecule has 10 heteroatoms. The van der Waals surface area contributed by atoms with Crippen molar-refractivity contribution in [2.24, 2.45) is 0 Å². The molecule has 2 aromatic rings. The molecule has 0 aromatic heterocycles. The molecular weight excluding hydrogens is 447 g/mol. The van der Waals surface area contributed by atoms with Crippen molar-refractivity contribution in [2.45, 2.75) is 17.7 Å². The Kier molecular flexibility index (Phi) is 6.96. The van der Waals surface area contributed by atoms with Crippen LogP contribution in [0.4, 0.5) is 17.6 Å². The van der Waals surface area contributed by atoms with Crippen molar-refractivity contribution in [2.75, 3.05) is 0 Å². The van der Waals surface area contributed by atoms with Gasteiger partial charge >= 0.3 is 13.8 Å². The summed E-state index contributed by atoms with van der Waals surface area (Å²) in [5.41, 5.74) is 0.980. The smallest absolute Gasteiger partial charge is 0.420 e. The molecule has 2 aromatic carbocycles. The van der Waals surface area contributed by atoms with Crippen molar-refractivity contribution < 1.29 is 31.5 Å². The van der Waals surface area contributed by atoms with E-state index < -0.39 is 25.4 Å². The van der Waals surface area contributed by atoms with Gasteiger partial charge in [0.15, 0.2) is 11.6 Å². The van der Waals surface area contributed by atoms with Crippen molar-refractivity contribution in [3.8, 4) is 5.75 Å². The topological polar surface area (TPSA) is 46.5 Å². The van der Waals surface area contributed by atoms with E-state index in [4.69, 9.17) is 4.89 Å². The van der Waals surface area contributed by atoms with Gasteiger partial charge in [-0.25, -0.2) is 13.3 Å². The zero-order valence-corrected chi connectivity index (χ0v) is 15.8. The van der Waals surface area contributed by atoms with E-state index in [0.717, 1.165) is 11.6 Å². The Morgan fingerprint density at radius 2 is 1.92 bits per heavy atom. The first-order valence-electron chi connectivity index (χ1n) is 6.80. The Hall–Kier alpha value is -1.02. The minimum Gasteiger partial charge on any atom is -0.420 e. The van der Waals surface area contributed by atoms with Crippen LogP contribution in [0.2, 0.25) is 0 Å². The zero-order valence-electron chi connectivity index (χ0n) is 12.5. The first-order valence-corrected chi connectivity index (χ1v) is 10.4. The lowest BCUT2D eigenvalue weighted by molar-refractivity contribution is 0.188. The lowest BCUT2D eigenvalue weighted by atomic mass is 10.2. The van der Waals surface area contributed by atoms with E-state index in [2.05, 4.69) is 20.5 Å². The molecule has 1 unspecified atom stereocenters. The summed E-state index contributed by atoms with van der Waals surface area (Å²) >= 11 is 4.41. The molecule has 0 heterocycles. The molecule has 0 aliphatic carbocycles. The molecule has 0 aliphatic rings. The van der Waals surface area contributed by atoms with Gasteiger partial charge in [-0.15, -0.1) is 0 Å². The molecule has 136 valence electrons. The van der Waals surface area contributed by atoms with E-state index in [0.29, 0.717) is 5.75 Å². The Morgan fingerprint density at radius 3 is 2.56 bits per heavy atom. The summed E-state index contributed by atoms with van der Waals surface area (Å²) < 4.78 is 67.3. The number of halogens is 5. The fraction of sp³-hybridized carbons (Fsp3) is 0.200. The van der Waals surface area contributed by atoms with E-state index in [9.17, 15) is 22.1 Å². The van der Waals surface area contributed by atoms with Crippen LogP contribution >= 0.6 is 35.3 Å². The van der Waals surface area contributed by atoms with E-state index in [1.165, 1.54) is 42.1 Å². The van der Waals surface area contributed by atoms with E-state index in [1.54, 1.807) is 0 Å². The quantitative estimate of drug-likeness (QED) is 0.411. The van der Waals surface area contributed by atoms with Gasteiger partial charge in [0.05, 0.1) is 4.47 Å². The molecule has 0 spiro atoms. The van der Waals surface area contributed by atoms with Crippen molar-refractivity contribution in [1.29, 1.82) is 0 Å². The van der Waals surface area contributed by atoms with Crippen LogP contribution in [-0.2, 0) is 16.1 Å². The molecule has 0 saturated heterocycles. The Balaban J connectivity index is 1.99. The lowest BCUT2D eigenvalue weighted by Crippen LogP contribution is -2.01. The molecule has 0 fully saturated rings. The second-order valence-corrected chi connectivity index (χ2v) is 8.44. The minimum atomic E-state index is -5.05. The summed E-state index contributed by atoms with van der Waals surface area (Å²) in [5.74, 6) is -1.30. The molecule has 3 nitrogen and oxygen atoms in total. The Labute approximate surface area is 154 Å². The largest absolute Gasteiger partial charge is 0.442 e. The highest BCUT2D eigenvalue weighted by molar-refractivity contribution is 9.10. The molecule has 0 radical (unpaired) electrons. The molecular formula is C15H12BrF4O3PS. The Bertz CT molecular complexity index is 806. The van der Waals surface area contributed by atoms with Gasteiger partial charge in [-0.3, -0.25) is 0 Å². The maximum absolute atomic E-state index is 13.5. The molecule has 0 amide bonds. The van der Waals surface area contributed by atoms with Crippen molar-refractivity contribution >= 4 is 35.3 Å². The predicted octanol–water partition coefficient (Wildman–Crippen LogP) is 5.95. The first kappa shape index (κ1) is 20.3. The number of thioether (sulfide) groups is 1. The summed E-state index contributed by atoms with van der Waals surface area (Å²) in [7, 11) is -5.05. The van der Waals surface area contributed by atoms with Crippen LogP contribution in [-0.4, -0.2) is 11.1 Å². The van der Waals surface area contributed by atoms with Crippen molar-refractivity contribution in [3.63, 3.8) is 0 Å². The molecule has 25 heavy (non-hydrogen) atoms. The van der Waals surface area contributed by atoms with E-state index in [1.807, 2.05) is 0 Å². The maximum Gasteiger partial charge on any atom is 0.442 e. The number of rotatable bonds is 7. The van der Waals surface area contributed by atoms with Gasteiger partial charge in [-0.2, -0.15) is 20.5 Å². The number of hydrogen-bond donors (Lipinski definition) is 1. The van der Waals surface area contributed by atoms with E-state index >= 15 is 0 Å². The normalized spacial score (nSPS) is 13.7. The maximum atomic E-state index is 13.5. The average Bonchev–Trinajstić information content (AvgIpc) is 2.54. The lowest BCUT2D eigenvalue weighted by Gasteiger charge is -2.14. The predicted molar refractivity (Wildman–Crippen MR) is 92.0 cm³/mol. The molecule has 0 bridgehead atoms. The second-order valence-electron chi connectivity index (χ2n) is 4.90. The first-order chi connectivity index (χ1) is 11.7. The van der Waals surface area contributed by atoms with Gasteiger partial charge < -0.3 is 9.42 Å². The second kappa shape index (κ2) is 8.58. The highest BCUT2D eigenvalue weighted by Crippen LogP contribution is 2.50. The standard InChI is InChI=1S/C15H12BrF4O3PS/c16-11-6-9(4-5-13(11)23-24(21,22)15(19)20)7-25-8-10-2-1-3-12(17)14(10)18/h1-6,15H,7-8H2,(H,21,22). The third kappa shape index (κ3) is 5.48. The summed E-state index contributed by atoms with van der Waals surface area (Å²) in [4.78, 5) is 9.05. The van der Waals surface area contributed by atoms with Crippen LogP contribution in [0.15, 0.2) is 40.9 Å². The Morgan fingerprint density at radius 1 is 1.20 bits per heavy atom. The van der Waals surface area contributed by atoms with Gasteiger partial charge in [0.2, 0.25) is 0 Å². The third-order valence-electron chi connectivity index (χ3n) is 3.03. The fourth-order valence-electron chi connectivity index (χ4n) is 1.83. The number of alkyl halides is 2. The summed E-state index contributed by atoms with van der Waals surface area (Å²) in [6, 6.07) is 8.30. The highest BCUT2D eigenvalue weighted by Gasteiger charge is 2.34. The van der Waals surface area contributed by atoms with Crippen LogP contribution in [0.1, 0.15) is 11.1 Å². The van der Waals surface area contributed by atoms with Crippen LogP contribution in [0.3, 0.4) is 0 Å². The van der Waals surface area contributed by atoms with Crippen LogP contribution in [0.5, 0.6) is 5.75 Å². The zero-order chi connectivity index (χ0) is 18.6. The third-order valence-corrected chi connectivity index (χ3v) is 5.65. The van der Waals surface area contributed by atoms with Crippen LogP contribution < -0.4 is 4.52 Å². The molecule has 1 N–H and O–H groups in total. The summed E-state index contributed by atoms with van der Waals surface area (Å²) in [6.45, 7) is 0. The monoisotopic (exact) mass is 458 g/mol. The minimum absolute atomic E-state index is 0.184. The summed E-state index contributed by atoms with van der Waals surface area (Å²) in [6.07, 6.45) is -3.50. The van der Waals surface area contributed by atoms with E-state index in [-0.39, 0.29) is 21.5 Å². The van der Waals surface area contributed by atoms with Crippen molar-refractivity contribution in [3.05, 3.63) is 63.6 Å². The van der Waals surface area contributed by atoms with Crippen LogP contribution in [0, 0.1) is 11.6 Å². The fourth-order valence-corrected chi connectivity index (χ4v) is 3.94. The molecule has 0 saturated carbocycles. The SMILES string of the molecule is O=P(O)(Oc1ccc(CSCc2cccc(F)c2F)cc1Br)C(F)F. The highest BCUT2D eigenvalue weighted by atomic mass is 79.9. The van der Waals surface area contributed by atoms with Gasteiger partial charge in [-0.1, -0.05) is 18.2 Å². The number of benzene rings is 2. The molecule has 1 atom stereocenters. The molecule has 2 rings (SSSR count). The van der Waals surface area contributed by atoms with Gasteiger partial charge in [-0.05, 0) is 39.7 Å². The average molecular weight is 459 g/mol. The van der Waals surface area contributed by atoms with Crippen LogP contribution in [0.25, 0.3) is 0 Å². The van der Waals surface area contributed by atoms with Crippen molar-refractivity contribution in [1.82, 2.24) is 0 Å². The van der Waals surface area contributed by atoms with Gasteiger partial charge in [0, 0.05) is 17.1 Å². The molecule has 0 aliphatic heterocycles. The summed E-state index contributed by atoms with van der Waals surface area (Å²) in [5, 5.41) is 0. The number of hydrogen-bond acceptors (Lipinski definition) is 3. The van der Waals surface area contributed by atoms with Gasteiger partial charge in [0.25, 0.3) is 0 Å². The van der Waals surface area contributed by atoms with Gasteiger partial charge in [0.1, 0.15) is 5.75 Å².